The molecule has 0 spiro atoms. The fraction of sp³-hybridized carbons (Fsp3) is 0. The van der Waals surface area contributed by atoms with Gasteiger partial charge in [-0.25, -0.2) is 0 Å². The van der Waals surface area contributed by atoms with Gasteiger partial charge in [0.15, 0.2) is 0 Å². The Hall–Kier alpha value is -1.57. The molecule has 1 aromatic carbocycles. The van der Waals surface area contributed by atoms with Gasteiger partial charge in [0.25, 0.3) is 0 Å². The molecule has 1 heterocycles. The van der Waals surface area contributed by atoms with E-state index in [1.165, 1.54) is 0 Å². The summed E-state index contributed by atoms with van der Waals surface area (Å²) in [5, 5.41) is 1.98. The lowest BCUT2D eigenvalue weighted by molar-refractivity contribution is 0.571. The fourth-order valence-corrected chi connectivity index (χ4v) is 0.994. The van der Waals surface area contributed by atoms with Crippen LogP contribution in [-0.4, -0.2) is 4.79 Å². The zero-order valence-electron chi connectivity index (χ0n) is 5.82. The fourth-order valence-electron chi connectivity index (χ4n) is 0.994. The van der Waals surface area contributed by atoms with Crippen LogP contribution in [0.15, 0.2) is 41.2 Å². The number of fused-ring (bicyclic) bond motifs is 1. The molecule has 0 unspecified atom stereocenters. The van der Waals surface area contributed by atoms with Gasteiger partial charge in [0.2, 0.25) is 0 Å². The maximum atomic E-state index is 9.09. The van der Waals surface area contributed by atoms with Gasteiger partial charge in [0.1, 0.15) is 0 Å². The van der Waals surface area contributed by atoms with Gasteiger partial charge in [-0.15, -0.1) is 0 Å². The molecular weight excluding hydrogens is 140 g/mol. The van der Waals surface area contributed by atoms with Gasteiger partial charge in [-0.1, -0.05) is 0 Å². The second kappa shape index (κ2) is 2.23. The minimum Gasteiger partial charge on any atom is -0.471 e. The third kappa shape index (κ3) is 1.03. The van der Waals surface area contributed by atoms with Gasteiger partial charge in [-0.2, -0.15) is 0 Å². The van der Waals surface area contributed by atoms with Crippen molar-refractivity contribution >= 4 is 10.8 Å². The van der Waals surface area contributed by atoms with Gasteiger partial charge < -0.3 is 4.42 Å². The maximum absolute atomic E-state index is 9.09. The summed E-state index contributed by atoms with van der Waals surface area (Å²) in [5.41, 5.74) is 0.265. The Morgan fingerprint density at radius 1 is 0.909 bits per heavy atom. The van der Waals surface area contributed by atoms with Crippen LogP contribution >= 0.6 is 0 Å². The first-order chi connectivity index (χ1) is 5.36. The van der Waals surface area contributed by atoms with Crippen molar-refractivity contribution in [3.63, 3.8) is 0 Å². The molecule has 2 heteroatoms. The van der Waals surface area contributed by atoms with E-state index in [4.69, 9.17) is 9.21 Å². The van der Waals surface area contributed by atoms with Gasteiger partial charge >= 0.3 is 5.43 Å². The Morgan fingerprint density at radius 2 is 1.45 bits per heavy atom. The standard InChI is InChI=1S/C9H6O2/c10-9-3-1-7-5-11-6-8(7)2-4-9/h1-6H/p+1. The molecule has 0 saturated heterocycles. The first-order valence-corrected chi connectivity index (χ1v) is 3.34. The van der Waals surface area contributed by atoms with Crippen molar-refractivity contribution < 1.29 is 9.21 Å². The van der Waals surface area contributed by atoms with E-state index in [0.717, 1.165) is 10.8 Å². The summed E-state index contributed by atoms with van der Waals surface area (Å²) in [5.74, 6) is 0. The van der Waals surface area contributed by atoms with Crippen molar-refractivity contribution in [2.75, 3.05) is 0 Å². The summed E-state index contributed by atoms with van der Waals surface area (Å²) in [6.45, 7) is 0. The summed E-state index contributed by atoms with van der Waals surface area (Å²) in [7, 11) is 0. The molecule has 1 N–H and O–H groups in total. The monoisotopic (exact) mass is 147 g/mol. The van der Waals surface area contributed by atoms with Crippen molar-refractivity contribution in [1.82, 2.24) is 0 Å². The number of rotatable bonds is 0. The molecule has 0 saturated carbocycles. The van der Waals surface area contributed by atoms with E-state index >= 15 is 0 Å². The molecule has 0 aliphatic heterocycles. The number of hydrogen-bond donors (Lipinski definition) is 0. The van der Waals surface area contributed by atoms with Crippen molar-refractivity contribution in [2.45, 2.75) is 0 Å². The first kappa shape index (κ1) is 6.16. The van der Waals surface area contributed by atoms with Gasteiger partial charge in [-0.05, 0) is 12.1 Å². The molecule has 0 fully saturated rings. The lowest BCUT2D eigenvalue weighted by Crippen LogP contribution is -1.91. The Labute approximate surface area is 63.1 Å². The molecule has 2 aromatic rings. The molecule has 0 aliphatic carbocycles. The van der Waals surface area contributed by atoms with E-state index in [-0.39, 0.29) is 5.43 Å². The Kier molecular flexibility index (Phi) is 1.25. The minimum absolute atomic E-state index is 0.265. The average Bonchev–Trinajstić information content (AvgIpc) is 2.38. The zero-order valence-corrected chi connectivity index (χ0v) is 5.82. The third-order valence-corrected chi connectivity index (χ3v) is 1.59. The minimum atomic E-state index is 0.265. The van der Waals surface area contributed by atoms with Crippen LogP contribution in [0.2, 0.25) is 0 Å². The van der Waals surface area contributed by atoms with Crippen LogP contribution in [0.3, 0.4) is 0 Å². The van der Waals surface area contributed by atoms with E-state index in [0.29, 0.717) is 0 Å². The number of hydrogen-bond acceptors (Lipinski definition) is 1. The summed E-state index contributed by atoms with van der Waals surface area (Å²) in [4.78, 5) is 9.09. The van der Waals surface area contributed by atoms with E-state index in [2.05, 4.69) is 0 Å². The Morgan fingerprint density at radius 3 is 2.00 bits per heavy atom. The van der Waals surface area contributed by atoms with Crippen LogP contribution in [0.1, 0.15) is 0 Å². The van der Waals surface area contributed by atoms with E-state index in [9.17, 15) is 0 Å². The molecule has 2 nitrogen and oxygen atoms in total. The highest BCUT2D eigenvalue weighted by molar-refractivity contribution is 5.79. The van der Waals surface area contributed by atoms with Crippen molar-refractivity contribution in [3.05, 3.63) is 42.2 Å². The van der Waals surface area contributed by atoms with Crippen molar-refractivity contribution in [3.8, 4) is 0 Å². The van der Waals surface area contributed by atoms with E-state index < -0.39 is 0 Å². The van der Waals surface area contributed by atoms with Crippen LogP contribution in [0.5, 0.6) is 0 Å². The zero-order chi connectivity index (χ0) is 7.68. The van der Waals surface area contributed by atoms with Gasteiger partial charge in [0.05, 0.1) is 12.5 Å². The lowest BCUT2D eigenvalue weighted by Gasteiger charge is -1.69. The SMILES string of the molecule is [OH+]=c1ccc2cocc2cc1. The summed E-state index contributed by atoms with van der Waals surface area (Å²) >= 11 is 0. The van der Waals surface area contributed by atoms with Crippen molar-refractivity contribution in [1.29, 1.82) is 0 Å². The highest BCUT2D eigenvalue weighted by Crippen LogP contribution is 2.10. The smallest absolute Gasteiger partial charge is 0.340 e. The van der Waals surface area contributed by atoms with Crippen LogP contribution in [0.25, 0.3) is 10.8 Å². The highest BCUT2D eigenvalue weighted by atomic mass is 16.3. The van der Waals surface area contributed by atoms with Crippen LogP contribution < -0.4 is 5.43 Å². The lowest BCUT2D eigenvalue weighted by atomic mass is 10.3. The first-order valence-electron chi connectivity index (χ1n) is 3.34. The molecular formula is C9H7O2+. The van der Waals surface area contributed by atoms with E-state index in [1.807, 2.05) is 12.1 Å². The van der Waals surface area contributed by atoms with Crippen LogP contribution in [0, 0.1) is 0 Å². The summed E-state index contributed by atoms with van der Waals surface area (Å²) < 4.78 is 4.96. The molecule has 11 heavy (non-hydrogen) atoms. The van der Waals surface area contributed by atoms with E-state index in [1.54, 1.807) is 24.7 Å². The Balaban J connectivity index is 2.96. The predicted molar refractivity (Wildman–Crippen MR) is 41.3 cm³/mol. The third-order valence-electron chi connectivity index (χ3n) is 1.59. The summed E-state index contributed by atoms with van der Waals surface area (Å²) in [6, 6.07) is 6.90. The maximum Gasteiger partial charge on any atom is 0.340 e. The molecule has 0 amide bonds. The second-order valence-electron chi connectivity index (χ2n) is 2.37. The van der Waals surface area contributed by atoms with Crippen LogP contribution in [-0.2, 0) is 0 Å². The predicted octanol–water partition coefficient (Wildman–Crippen LogP) is 1.44. The van der Waals surface area contributed by atoms with Gasteiger partial charge in [-0.3, -0.25) is 4.79 Å². The largest absolute Gasteiger partial charge is 0.471 e. The normalized spacial score (nSPS) is 10.2. The molecule has 0 atom stereocenters. The molecule has 0 aliphatic rings. The quantitative estimate of drug-likeness (QED) is 0.519. The second-order valence-corrected chi connectivity index (χ2v) is 2.37. The summed E-state index contributed by atoms with van der Waals surface area (Å²) in [6.07, 6.45) is 3.30. The van der Waals surface area contributed by atoms with Gasteiger partial charge in [0, 0.05) is 22.9 Å². The molecule has 1 aromatic heterocycles. The molecule has 54 valence electrons. The molecule has 0 bridgehead atoms. The topological polar surface area (TPSA) is 34.5 Å². The number of furan rings is 1. The molecule has 0 radical (unpaired) electrons. The van der Waals surface area contributed by atoms with Crippen molar-refractivity contribution in [2.24, 2.45) is 0 Å². The average molecular weight is 147 g/mol. The van der Waals surface area contributed by atoms with Crippen LogP contribution in [0.4, 0.5) is 0 Å². The molecule has 2 rings (SSSR count). The highest BCUT2D eigenvalue weighted by Gasteiger charge is 1.92. The Bertz CT molecular complexity index is 392.